The molecule has 3 rings (SSSR count). The smallest absolute Gasteiger partial charge is 0.358 e. The number of carbonyl (C=O) groups is 1. The molecule has 0 saturated heterocycles. The Morgan fingerprint density at radius 3 is 2.62 bits per heavy atom. The van der Waals surface area contributed by atoms with Gasteiger partial charge in [0.15, 0.2) is 11.4 Å². The monoisotopic (exact) mass is 300 g/mol. The van der Waals surface area contributed by atoms with Crippen molar-refractivity contribution in [2.24, 2.45) is 0 Å². The number of rotatable bonds is 4. The number of nitrogens with zero attached hydrogens (tertiary/aromatic N) is 2. The number of thiophene rings is 1. The minimum Gasteiger partial charge on any atom is -0.476 e. The molecule has 0 aliphatic carbocycles. The van der Waals surface area contributed by atoms with Gasteiger partial charge in [0.05, 0.1) is 6.20 Å². The maximum atomic E-state index is 11.5. The number of aromatic carboxylic acids is 1. The molecule has 106 valence electrons. The number of para-hydroxylation sites is 1. The number of ether oxygens (including phenoxy) is 1. The van der Waals surface area contributed by atoms with Crippen molar-refractivity contribution < 1.29 is 14.6 Å². The summed E-state index contributed by atoms with van der Waals surface area (Å²) in [5.41, 5.74) is 0.0145. The van der Waals surface area contributed by atoms with Crippen LogP contribution >= 0.6 is 11.3 Å². The van der Waals surface area contributed by atoms with Crippen molar-refractivity contribution in [2.75, 3.05) is 0 Å². The Morgan fingerprint density at radius 2 is 2.00 bits per heavy atom. The number of aromatic nitrogens is 2. The molecule has 3 aromatic rings. The van der Waals surface area contributed by atoms with Gasteiger partial charge in [-0.3, -0.25) is 0 Å². The van der Waals surface area contributed by atoms with Crippen molar-refractivity contribution in [2.45, 2.75) is 6.92 Å². The topological polar surface area (TPSA) is 64.4 Å². The highest BCUT2D eigenvalue weighted by Gasteiger charge is 2.21. The van der Waals surface area contributed by atoms with Crippen LogP contribution in [0, 0.1) is 6.92 Å². The Kier molecular flexibility index (Phi) is 3.45. The highest BCUT2D eigenvalue weighted by molar-refractivity contribution is 7.14. The van der Waals surface area contributed by atoms with E-state index in [1.54, 1.807) is 12.1 Å². The van der Waals surface area contributed by atoms with Crippen molar-refractivity contribution in [3.8, 4) is 16.5 Å². The summed E-state index contributed by atoms with van der Waals surface area (Å²) in [6.45, 7) is 1.96. The minimum absolute atomic E-state index is 0.0145. The molecule has 2 aromatic heterocycles. The molecule has 5 nitrogen and oxygen atoms in total. The van der Waals surface area contributed by atoms with Crippen molar-refractivity contribution in [1.29, 1.82) is 0 Å². The molecule has 0 unspecified atom stereocenters. The molecule has 1 aromatic carbocycles. The summed E-state index contributed by atoms with van der Waals surface area (Å²) in [6.07, 6.45) is 1.42. The molecular formula is C15H12N2O3S. The van der Waals surface area contributed by atoms with Gasteiger partial charge in [-0.25, -0.2) is 9.48 Å². The molecule has 0 fully saturated rings. The van der Waals surface area contributed by atoms with Crippen LogP contribution in [0.1, 0.15) is 15.4 Å². The zero-order valence-corrected chi connectivity index (χ0v) is 12.0. The Labute approximate surface area is 125 Å². The number of aryl methyl sites for hydroxylation is 1. The van der Waals surface area contributed by atoms with Gasteiger partial charge in [-0.15, -0.1) is 11.3 Å². The number of hydrogen-bond acceptors (Lipinski definition) is 4. The van der Waals surface area contributed by atoms with Crippen LogP contribution in [0.3, 0.4) is 0 Å². The number of hydrogen-bond donors (Lipinski definition) is 1. The van der Waals surface area contributed by atoms with E-state index < -0.39 is 5.97 Å². The van der Waals surface area contributed by atoms with Crippen LogP contribution in [0.2, 0.25) is 0 Å². The Morgan fingerprint density at radius 1 is 1.24 bits per heavy atom. The summed E-state index contributed by atoms with van der Waals surface area (Å²) in [7, 11) is 0. The summed E-state index contributed by atoms with van der Waals surface area (Å²) in [6, 6.07) is 12.8. The molecular weight excluding hydrogens is 288 g/mol. The third-order valence-electron chi connectivity index (χ3n) is 2.84. The Hall–Kier alpha value is -2.60. The largest absolute Gasteiger partial charge is 0.476 e. The highest BCUT2D eigenvalue weighted by atomic mass is 32.1. The molecule has 2 heterocycles. The first-order chi connectivity index (χ1) is 10.1. The van der Waals surface area contributed by atoms with Gasteiger partial charge < -0.3 is 9.84 Å². The van der Waals surface area contributed by atoms with E-state index in [1.807, 2.05) is 37.3 Å². The van der Waals surface area contributed by atoms with Gasteiger partial charge in [-0.2, -0.15) is 5.10 Å². The average Bonchev–Trinajstić information content (AvgIpc) is 3.06. The fourth-order valence-electron chi connectivity index (χ4n) is 1.92. The van der Waals surface area contributed by atoms with E-state index in [-0.39, 0.29) is 11.4 Å². The molecule has 1 N–H and O–H groups in total. The van der Waals surface area contributed by atoms with Crippen molar-refractivity contribution >= 4 is 17.3 Å². The standard InChI is InChI=1S/C15H12N2O3S/c1-10-7-8-13(21-10)17-14(15(18)19)12(9-16-17)20-11-5-3-2-4-6-11/h2-9H,1H3,(H,18,19). The van der Waals surface area contributed by atoms with E-state index in [2.05, 4.69) is 5.10 Å². The zero-order valence-electron chi connectivity index (χ0n) is 11.2. The first-order valence-corrected chi connectivity index (χ1v) is 7.08. The molecule has 0 bridgehead atoms. The van der Waals surface area contributed by atoms with Crippen LogP contribution in [-0.4, -0.2) is 20.9 Å². The van der Waals surface area contributed by atoms with E-state index in [9.17, 15) is 9.90 Å². The van der Waals surface area contributed by atoms with E-state index in [1.165, 1.54) is 22.2 Å². The fraction of sp³-hybridized carbons (Fsp3) is 0.0667. The van der Waals surface area contributed by atoms with Gasteiger partial charge in [0.2, 0.25) is 0 Å². The molecule has 6 heteroatoms. The van der Waals surface area contributed by atoms with E-state index in [0.717, 1.165) is 9.88 Å². The lowest BCUT2D eigenvalue weighted by atomic mass is 10.3. The molecule has 21 heavy (non-hydrogen) atoms. The van der Waals surface area contributed by atoms with Crippen LogP contribution in [0.5, 0.6) is 11.5 Å². The number of benzene rings is 1. The van der Waals surface area contributed by atoms with Gasteiger partial charge in [0.25, 0.3) is 0 Å². The molecule has 0 radical (unpaired) electrons. The predicted octanol–water partition coefficient (Wildman–Crippen LogP) is 3.73. The van der Waals surface area contributed by atoms with E-state index in [4.69, 9.17) is 4.74 Å². The second-order valence-corrected chi connectivity index (χ2v) is 5.64. The lowest BCUT2D eigenvalue weighted by Crippen LogP contribution is -2.07. The first-order valence-electron chi connectivity index (χ1n) is 6.26. The SMILES string of the molecule is Cc1ccc(-n2ncc(Oc3ccccc3)c2C(=O)O)s1. The molecule has 0 saturated carbocycles. The van der Waals surface area contributed by atoms with Crippen molar-refractivity contribution in [3.05, 3.63) is 59.2 Å². The maximum absolute atomic E-state index is 11.5. The minimum atomic E-state index is -1.08. The normalized spacial score (nSPS) is 10.5. The predicted molar refractivity (Wildman–Crippen MR) is 79.7 cm³/mol. The average molecular weight is 300 g/mol. The Balaban J connectivity index is 2.02. The molecule has 0 amide bonds. The van der Waals surface area contributed by atoms with Gasteiger partial charge >= 0.3 is 5.97 Å². The van der Waals surface area contributed by atoms with Gasteiger partial charge in [-0.1, -0.05) is 18.2 Å². The second-order valence-electron chi connectivity index (χ2n) is 4.37. The summed E-state index contributed by atoms with van der Waals surface area (Å²) < 4.78 is 7.01. The highest BCUT2D eigenvalue weighted by Crippen LogP contribution is 2.29. The lowest BCUT2D eigenvalue weighted by molar-refractivity contribution is 0.0684. The number of carboxylic acids is 1. The quantitative estimate of drug-likeness (QED) is 0.797. The van der Waals surface area contributed by atoms with E-state index in [0.29, 0.717) is 5.75 Å². The van der Waals surface area contributed by atoms with E-state index >= 15 is 0 Å². The van der Waals surface area contributed by atoms with Gasteiger partial charge in [0, 0.05) is 4.88 Å². The Bertz CT molecular complexity index is 777. The fourth-order valence-corrected chi connectivity index (χ4v) is 2.75. The summed E-state index contributed by atoms with van der Waals surface area (Å²) in [4.78, 5) is 12.6. The molecule has 0 aliphatic rings. The lowest BCUT2D eigenvalue weighted by Gasteiger charge is -2.05. The molecule has 0 atom stereocenters. The number of carboxylic acid groups (broad SMARTS) is 1. The summed E-state index contributed by atoms with van der Waals surface area (Å²) in [5.74, 6) is -0.286. The van der Waals surface area contributed by atoms with Gasteiger partial charge in [0.1, 0.15) is 10.8 Å². The van der Waals surface area contributed by atoms with Gasteiger partial charge in [-0.05, 0) is 31.2 Å². The summed E-state index contributed by atoms with van der Waals surface area (Å²) in [5, 5.41) is 14.3. The zero-order chi connectivity index (χ0) is 14.8. The third-order valence-corrected chi connectivity index (χ3v) is 3.82. The van der Waals surface area contributed by atoms with Crippen LogP contribution < -0.4 is 4.74 Å². The van der Waals surface area contributed by atoms with Crippen LogP contribution in [0.25, 0.3) is 5.00 Å². The second kappa shape index (κ2) is 5.41. The summed E-state index contributed by atoms with van der Waals surface area (Å²) >= 11 is 1.47. The van der Waals surface area contributed by atoms with Crippen LogP contribution in [0.4, 0.5) is 0 Å². The maximum Gasteiger partial charge on any atom is 0.358 e. The third kappa shape index (κ3) is 2.66. The molecule has 0 spiro atoms. The van der Waals surface area contributed by atoms with Crippen LogP contribution in [-0.2, 0) is 0 Å². The van der Waals surface area contributed by atoms with Crippen LogP contribution in [0.15, 0.2) is 48.7 Å². The first kappa shape index (κ1) is 13.4. The molecule has 0 aliphatic heterocycles. The van der Waals surface area contributed by atoms with Crippen molar-refractivity contribution in [1.82, 2.24) is 9.78 Å². The van der Waals surface area contributed by atoms with Crippen molar-refractivity contribution in [3.63, 3.8) is 0 Å².